The highest BCUT2D eigenvalue weighted by atomic mass is 32.2. The summed E-state index contributed by atoms with van der Waals surface area (Å²) < 4.78 is 82.3. The van der Waals surface area contributed by atoms with E-state index < -0.39 is 34.5 Å². The van der Waals surface area contributed by atoms with Crippen molar-refractivity contribution in [2.24, 2.45) is 0 Å². The summed E-state index contributed by atoms with van der Waals surface area (Å²) in [5.41, 5.74) is 7.27. The number of nitrogen functional groups attached to an aromatic ring is 1. The van der Waals surface area contributed by atoms with Crippen LogP contribution in [0.2, 0.25) is 0 Å². The molecule has 0 saturated carbocycles. The number of nitrogens with two attached hydrogens (primary N) is 1. The SMILES string of the molecule is Cc1cc(C)c(S(=O)(=O)NC(Cc2c[nH]c3c(N)c(F)ccc23)C(F)(F)F)c(C)c1. The maximum atomic E-state index is 13.7. The molecule has 0 radical (unpaired) electrons. The highest BCUT2D eigenvalue weighted by Gasteiger charge is 2.43. The minimum Gasteiger partial charge on any atom is -0.395 e. The molecule has 0 saturated heterocycles. The van der Waals surface area contributed by atoms with Crippen LogP contribution in [0.1, 0.15) is 22.3 Å². The second-order valence-electron chi connectivity index (χ2n) is 7.34. The van der Waals surface area contributed by atoms with Crippen molar-refractivity contribution in [3.05, 3.63) is 58.5 Å². The van der Waals surface area contributed by atoms with Crippen molar-refractivity contribution in [1.29, 1.82) is 0 Å². The van der Waals surface area contributed by atoms with Crippen LogP contribution in [0.15, 0.2) is 35.4 Å². The van der Waals surface area contributed by atoms with Crippen LogP contribution in [-0.4, -0.2) is 25.6 Å². The average Bonchev–Trinajstić information content (AvgIpc) is 2.99. The molecule has 1 unspecified atom stereocenters. The lowest BCUT2D eigenvalue weighted by Crippen LogP contribution is -2.47. The van der Waals surface area contributed by atoms with Gasteiger partial charge in [0.2, 0.25) is 10.0 Å². The molecular weight excluding hydrogens is 422 g/mol. The van der Waals surface area contributed by atoms with Gasteiger partial charge in [0.05, 0.1) is 16.1 Å². The molecular formula is C20H21F4N3O2S. The molecule has 1 aromatic heterocycles. The quantitative estimate of drug-likeness (QED) is 0.407. The first-order chi connectivity index (χ1) is 13.8. The van der Waals surface area contributed by atoms with Gasteiger partial charge in [-0.05, 0) is 56.0 Å². The van der Waals surface area contributed by atoms with E-state index in [0.29, 0.717) is 16.5 Å². The number of alkyl halides is 3. The molecule has 30 heavy (non-hydrogen) atoms. The monoisotopic (exact) mass is 443 g/mol. The molecule has 1 atom stereocenters. The number of aryl methyl sites for hydroxylation is 3. The van der Waals surface area contributed by atoms with Crippen molar-refractivity contribution in [2.75, 3.05) is 5.73 Å². The van der Waals surface area contributed by atoms with Crippen molar-refractivity contribution >= 4 is 26.6 Å². The summed E-state index contributed by atoms with van der Waals surface area (Å²) in [6, 6.07) is 3.18. The smallest absolute Gasteiger partial charge is 0.395 e. The van der Waals surface area contributed by atoms with Crippen molar-refractivity contribution in [3.8, 4) is 0 Å². The minimum atomic E-state index is -4.85. The van der Waals surface area contributed by atoms with Crippen LogP contribution < -0.4 is 10.5 Å². The molecule has 4 N–H and O–H groups in total. The highest BCUT2D eigenvalue weighted by Crippen LogP contribution is 2.31. The number of anilines is 1. The normalized spacial score (nSPS) is 13.7. The van der Waals surface area contributed by atoms with Crippen molar-refractivity contribution in [3.63, 3.8) is 0 Å². The fourth-order valence-corrected chi connectivity index (χ4v) is 5.38. The maximum absolute atomic E-state index is 13.7. The Morgan fingerprint density at radius 3 is 2.30 bits per heavy atom. The van der Waals surface area contributed by atoms with E-state index in [1.807, 2.05) is 4.72 Å². The molecule has 0 aliphatic rings. The lowest BCUT2D eigenvalue weighted by atomic mass is 10.0. The van der Waals surface area contributed by atoms with Crippen LogP contribution in [0.25, 0.3) is 10.9 Å². The van der Waals surface area contributed by atoms with Gasteiger partial charge in [0.1, 0.15) is 11.9 Å². The Morgan fingerprint density at radius 2 is 1.73 bits per heavy atom. The van der Waals surface area contributed by atoms with Gasteiger partial charge in [-0.25, -0.2) is 12.8 Å². The number of halogens is 4. The Balaban J connectivity index is 2.00. The highest BCUT2D eigenvalue weighted by molar-refractivity contribution is 7.89. The Morgan fingerprint density at radius 1 is 1.13 bits per heavy atom. The molecule has 0 amide bonds. The fourth-order valence-electron chi connectivity index (χ4n) is 3.70. The molecule has 0 aliphatic carbocycles. The summed E-state index contributed by atoms with van der Waals surface area (Å²) >= 11 is 0. The van der Waals surface area contributed by atoms with Crippen LogP contribution in [0, 0.1) is 26.6 Å². The van der Waals surface area contributed by atoms with Crippen molar-refractivity contribution < 1.29 is 26.0 Å². The maximum Gasteiger partial charge on any atom is 0.405 e. The second kappa shape index (κ2) is 7.59. The number of rotatable bonds is 5. The molecule has 0 spiro atoms. The van der Waals surface area contributed by atoms with Crippen LogP contribution >= 0.6 is 0 Å². The van der Waals surface area contributed by atoms with Crippen LogP contribution in [0.4, 0.5) is 23.2 Å². The number of hydrogen-bond donors (Lipinski definition) is 3. The van der Waals surface area contributed by atoms with E-state index in [-0.39, 0.29) is 21.7 Å². The van der Waals surface area contributed by atoms with Gasteiger partial charge >= 0.3 is 6.18 Å². The summed E-state index contributed by atoms with van der Waals surface area (Å²) in [7, 11) is -4.46. The van der Waals surface area contributed by atoms with Gasteiger partial charge in [0.25, 0.3) is 0 Å². The number of benzene rings is 2. The van der Waals surface area contributed by atoms with Crippen LogP contribution in [-0.2, 0) is 16.4 Å². The average molecular weight is 443 g/mol. The fraction of sp³-hybridized carbons (Fsp3) is 0.300. The molecule has 10 heteroatoms. The van der Waals surface area contributed by atoms with E-state index >= 15 is 0 Å². The largest absolute Gasteiger partial charge is 0.405 e. The van der Waals surface area contributed by atoms with Gasteiger partial charge in [-0.15, -0.1) is 0 Å². The molecule has 162 valence electrons. The number of sulfonamides is 1. The molecule has 5 nitrogen and oxygen atoms in total. The Labute approximate surface area is 171 Å². The summed E-state index contributed by atoms with van der Waals surface area (Å²) in [5, 5.41) is 0.296. The molecule has 0 aliphatic heterocycles. The first-order valence-corrected chi connectivity index (χ1v) is 10.5. The summed E-state index contributed by atoms with van der Waals surface area (Å²) in [5.74, 6) is -0.700. The van der Waals surface area contributed by atoms with Gasteiger partial charge in [0.15, 0.2) is 0 Å². The Hall–Kier alpha value is -2.59. The zero-order valence-electron chi connectivity index (χ0n) is 16.5. The Kier molecular flexibility index (Phi) is 5.59. The third kappa shape index (κ3) is 4.15. The summed E-state index contributed by atoms with van der Waals surface area (Å²) in [4.78, 5) is 2.49. The van der Waals surface area contributed by atoms with Gasteiger partial charge < -0.3 is 10.7 Å². The van der Waals surface area contributed by atoms with Crippen molar-refractivity contribution in [1.82, 2.24) is 9.71 Å². The number of nitrogens with one attached hydrogen (secondary N) is 2. The van der Waals surface area contributed by atoms with E-state index in [1.54, 1.807) is 19.1 Å². The van der Waals surface area contributed by atoms with Crippen molar-refractivity contribution in [2.45, 2.75) is 44.3 Å². The van der Waals surface area contributed by atoms with Gasteiger partial charge in [-0.1, -0.05) is 17.7 Å². The second-order valence-corrected chi connectivity index (χ2v) is 9.00. The number of H-pyrrole nitrogens is 1. The molecule has 1 heterocycles. The summed E-state index contributed by atoms with van der Waals surface area (Å²) in [6.45, 7) is 4.84. The van der Waals surface area contributed by atoms with E-state index in [4.69, 9.17) is 5.73 Å². The molecule has 0 bridgehead atoms. The zero-order chi connectivity index (χ0) is 22.4. The standard InChI is InChI=1S/C20H21F4N3O2S/c1-10-6-11(2)19(12(3)7-10)30(28,29)27-16(20(22,23)24)8-13-9-26-18-14(13)4-5-15(21)17(18)25/h4-7,9,16,26-27H,8,25H2,1-3H3. The third-order valence-corrected chi connectivity index (χ3v) is 6.70. The number of aromatic amines is 1. The number of fused-ring (bicyclic) bond motifs is 1. The van der Waals surface area contributed by atoms with Gasteiger partial charge in [0, 0.05) is 11.6 Å². The predicted molar refractivity (Wildman–Crippen MR) is 107 cm³/mol. The summed E-state index contributed by atoms with van der Waals surface area (Å²) in [6.07, 6.45) is -4.26. The van der Waals surface area contributed by atoms with E-state index in [0.717, 1.165) is 11.6 Å². The lowest BCUT2D eigenvalue weighted by Gasteiger charge is -2.23. The number of aromatic nitrogens is 1. The topological polar surface area (TPSA) is 88.0 Å². The van der Waals surface area contributed by atoms with E-state index in [2.05, 4.69) is 4.98 Å². The van der Waals surface area contributed by atoms with Crippen LogP contribution in [0.5, 0.6) is 0 Å². The Bertz CT molecular complexity index is 1190. The van der Waals surface area contributed by atoms with E-state index in [9.17, 15) is 26.0 Å². The molecule has 0 fully saturated rings. The minimum absolute atomic E-state index is 0.166. The number of hydrogen-bond acceptors (Lipinski definition) is 3. The van der Waals surface area contributed by atoms with E-state index in [1.165, 1.54) is 26.1 Å². The first kappa shape index (κ1) is 22.1. The molecule has 2 aromatic carbocycles. The van der Waals surface area contributed by atoms with Gasteiger partial charge in [-0.2, -0.15) is 17.9 Å². The lowest BCUT2D eigenvalue weighted by molar-refractivity contribution is -0.150. The third-order valence-electron chi connectivity index (χ3n) is 4.92. The molecule has 3 rings (SSSR count). The predicted octanol–water partition coefficient (Wildman–Crippen LogP) is 4.27. The molecule has 3 aromatic rings. The van der Waals surface area contributed by atoms with Crippen LogP contribution in [0.3, 0.4) is 0 Å². The van der Waals surface area contributed by atoms with Gasteiger partial charge in [-0.3, -0.25) is 0 Å². The first-order valence-electron chi connectivity index (χ1n) is 9.02. The zero-order valence-corrected chi connectivity index (χ0v) is 17.3.